The predicted octanol–water partition coefficient (Wildman–Crippen LogP) is -0.788. The zero-order valence-electron chi connectivity index (χ0n) is 7.12. The summed E-state index contributed by atoms with van der Waals surface area (Å²) in [5.74, 6) is 0.985. The van der Waals surface area contributed by atoms with E-state index in [0.717, 1.165) is 19.0 Å². The van der Waals surface area contributed by atoms with Gasteiger partial charge >= 0.3 is 0 Å². The minimum Gasteiger partial charge on any atom is -0.395 e. The molecule has 0 saturated carbocycles. The molecule has 0 bridgehead atoms. The Morgan fingerprint density at radius 3 is 2.82 bits per heavy atom. The van der Waals surface area contributed by atoms with Crippen LogP contribution in [0.3, 0.4) is 0 Å². The fourth-order valence-corrected chi connectivity index (χ4v) is 1.36. The molecule has 0 aromatic carbocycles. The van der Waals surface area contributed by atoms with Crippen LogP contribution in [-0.4, -0.2) is 61.2 Å². The summed E-state index contributed by atoms with van der Waals surface area (Å²) in [6, 6.07) is 0. The molecule has 1 rings (SSSR count). The molecule has 4 nitrogen and oxygen atoms in total. The van der Waals surface area contributed by atoms with E-state index in [1.165, 1.54) is 0 Å². The van der Waals surface area contributed by atoms with Crippen LogP contribution in [0.5, 0.6) is 0 Å². The average molecular weight is 157 g/mol. The number of aliphatic hydroxyl groups excluding tert-OH is 1. The number of guanidine groups is 1. The largest absolute Gasteiger partial charge is 0.395 e. The van der Waals surface area contributed by atoms with Crippen LogP contribution in [0.25, 0.3) is 0 Å². The summed E-state index contributed by atoms with van der Waals surface area (Å²) in [4.78, 5) is 8.30. The standard InChI is InChI=1S/C7H15N3O/c1-8-7-9(2)3-4-10(7)5-6-11/h11H,3-6H2,1-2H3. The van der Waals surface area contributed by atoms with Crippen LogP contribution < -0.4 is 0 Å². The lowest BCUT2D eigenvalue weighted by atomic mass is 10.5. The van der Waals surface area contributed by atoms with E-state index >= 15 is 0 Å². The molecule has 1 saturated heterocycles. The van der Waals surface area contributed by atoms with Crippen molar-refractivity contribution in [1.82, 2.24) is 9.80 Å². The second kappa shape index (κ2) is 3.57. The van der Waals surface area contributed by atoms with Crippen molar-refractivity contribution < 1.29 is 5.11 Å². The molecule has 0 unspecified atom stereocenters. The maximum absolute atomic E-state index is 8.71. The van der Waals surface area contributed by atoms with E-state index in [4.69, 9.17) is 5.11 Å². The molecule has 4 heteroatoms. The van der Waals surface area contributed by atoms with Crippen molar-refractivity contribution in [2.24, 2.45) is 4.99 Å². The zero-order valence-corrected chi connectivity index (χ0v) is 7.12. The van der Waals surface area contributed by atoms with Gasteiger partial charge in [0, 0.05) is 33.7 Å². The monoisotopic (exact) mass is 157 g/mol. The second-order valence-corrected chi connectivity index (χ2v) is 2.66. The molecule has 0 spiro atoms. The lowest BCUT2D eigenvalue weighted by molar-refractivity contribution is 0.257. The smallest absolute Gasteiger partial charge is 0.196 e. The lowest BCUT2D eigenvalue weighted by Crippen LogP contribution is -2.33. The molecule has 0 aromatic heterocycles. The van der Waals surface area contributed by atoms with Crippen LogP contribution in [0, 0.1) is 0 Å². The third-order valence-electron chi connectivity index (χ3n) is 1.90. The molecule has 64 valence electrons. The van der Waals surface area contributed by atoms with E-state index in [9.17, 15) is 0 Å². The first-order valence-corrected chi connectivity index (χ1v) is 3.83. The van der Waals surface area contributed by atoms with Crippen LogP contribution in [0.1, 0.15) is 0 Å². The highest BCUT2D eigenvalue weighted by molar-refractivity contribution is 5.81. The second-order valence-electron chi connectivity index (χ2n) is 2.66. The number of rotatable bonds is 2. The fourth-order valence-electron chi connectivity index (χ4n) is 1.36. The van der Waals surface area contributed by atoms with E-state index < -0.39 is 0 Å². The number of nitrogens with zero attached hydrogens (tertiary/aromatic N) is 3. The Labute approximate surface area is 67.1 Å². The first kappa shape index (κ1) is 8.33. The van der Waals surface area contributed by atoms with Gasteiger partial charge in [-0.15, -0.1) is 0 Å². The molecular formula is C7H15N3O. The van der Waals surface area contributed by atoms with Crippen molar-refractivity contribution in [3.8, 4) is 0 Å². The van der Waals surface area contributed by atoms with Crippen LogP contribution >= 0.6 is 0 Å². The van der Waals surface area contributed by atoms with Gasteiger partial charge in [0.05, 0.1) is 6.61 Å². The van der Waals surface area contributed by atoms with Crippen molar-refractivity contribution >= 4 is 5.96 Å². The van der Waals surface area contributed by atoms with Crippen molar-refractivity contribution in [2.45, 2.75) is 0 Å². The number of likely N-dealkylation sites (N-methyl/N-ethyl adjacent to an activating group) is 1. The Balaban J connectivity index is 2.55. The zero-order chi connectivity index (χ0) is 8.27. The summed E-state index contributed by atoms with van der Waals surface area (Å²) in [6.45, 7) is 2.88. The molecule has 0 amide bonds. The third kappa shape index (κ3) is 1.63. The molecule has 1 aliphatic heterocycles. The summed E-state index contributed by atoms with van der Waals surface area (Å²) < 4.78 is 0. The summed E-state index contributed by atoms with van der Waals surface area (Å²) >= 11 is 0. The molecule has 0 radical (unpaired) electrons. The molecule has 1 heterocycles. The Kier molecular flexibility index (Phi) is 2.70. The molecule has 1 N–H and O–H groups in total. The maximum Gasteiger partial charge on any atom is 0.196 e. The van der Waals surface area contributed by atoms with E-state index in [0.29, 0.717) is 6.54 Å². The van der Waals surface area contributed by atoms with Crippen molar-refractivity contribution in [2.75, 3.05) is 40.3 Å². The Morgan fingerprint density at radius 1 is 1.55 bits per heavy atom. The number of hydrogen-bond donors (Lipinski definition) is 1. The fraction of sp³-hybridized carbons (Fsp3) is 0.857. The molecule has 0 aliphatic carbocycles. The van der Waals surface area contributed by atoms with Gasteiger partial charge < -0.3 is 14.9 Å². The highest BCUT2D eigenvalue weighted by Gasteiger charge is 2.21. The van der Waals surface area contributed by atoms with E-state index in [-0.39, 0.29) is 6.61 Å². The SMILES string of the molecule is CN=C1N(C)CCN1CCO. The molecule has 0 aromatic rings. The van der Waals surface area contributed by atoms with E-state index in [2.05, 4.69) is 14.8 Å². The van der Waals surface area contributed by atoms with Gasteiger partial charge in [0.2, 0.25) is 0 Å². The van der Waals surface area contributed by atoms with Crippen molar-refractivity contribution in [3.05, 3.63) is 0 Å². The number of hydrogen-bond acceptors (Lipinski definition) is 2. The Hall–Kier alpha value is -0.770. The molecule has 0 atom stereocenters. The molecule has 1 fully saturated rings. The molecular weight excluding hydrogens is 142 g/mol. The van der Waals surface area contributed by atoms with Gasteiger partial charge in [-0.2, -0.15) is 0 Å². The minimum absolute atomic E-state index is 0.201. The van der Waals surface area contributed by atoms with E-state index in [1.807, 2.05) is 7.05 Å². The highest BCUT2D eigenvalue weighted by atomic mass is 16.3. The first-order chi connectivity index (χ1) is 5.29. The third-order valence-corrected chi connectivity index (χ3v) is 1.90. The van der Waals surface area contributed by atoms with Crippen molar-refractivity contribution in [3.63, 3.8) is 0 Å². The first-order valence-electron chi connectivity index (χ1n) is 3.83. The van der Waals surface area contributed by atoms with Gasteiger partial charge in [0.15, 0.2) is 5.96 Å². The Morgan fingerprint density at radius 2 is 2.27 bits per heavy atom. The normalized spacial score (nSPS) is 21.9. The van der Waals surface area contributed by atoms with Crippen LogP contribution in [0.15, 0.2) is 4.99 Å². The number of aliphatic hydroxyl groups is 1. The highest BCUT2D eigenvalue weighted by Crippen LogP contribution is 2.04. The number of β-amino-alcohol motifs (C(OH)–C–C–N with tert-alkyl or cyclic N) is 1. The van der Waals surface area contributed by atoms with Crippen LogP contribution in [0.4, 0.5) is 0 Å². The summed E-state index contributed by atoms with van der Waals surface area (Å²) in [5, 5.41) is 8.71. The van der Waals surface area contributed by atoms with Gasteiger partial charge in [-0.1, -0.05) is 0 Å². The van der Waals surface area contributed by atoms with Crippen LogP contribution in [-0.2, 0) is 0 Å². The lowest BCUT2D eigenvalue weighted by Gasteiger charge is -2.18. The van der Waals surface area contributed by atoms with Gasteiger partial charge in [-0.05, 0) is 0 Å². The number of aliphatic imine (C=N–C) groups is 1. The van der Waals surface area contributed by atoms with Gasteiger partial charge in [0.25, 0.3) is 0 Å². The molecule has 11 heavy (non-hydrogen) atoms. The predicted molar refractivity (Wildman–Crippen MR) is 44.6 cm³/mol. The summed E-state index contributed by atoms with van der Waals surface area (Å²) in [5.41, 5.74) is 0. The maximum atomic E-state index is 8.71. The van der Waals surface area contributed by atoms with Crippen LogP contribution in [0.2, 0.25) is 0 Å². The van der Waals surface area contributed by atoms with Crippen molar-refractivity contribution in [1.29, 1.82) is 0 Å². The molecule has 1 aliphatic rings. The van der Waals surface area contributed by atoms with Gasteiger partial charge in [-0.25, -0.2) is 0 Å². The average Bonchev–Trinajstić information content (AvgIpc) is 2.33. The summed E-state index contributed by atoms with van der Waals surface area (Å²) in [6.07, 6.45) is 0. The van der Waals surface area contributed by atoms with E-state index in [1.54, 1.807) is 7.05 Å². The summed E-state index contributed by atoms with van der Waals surface area (Å²) in [7, 11) is 3.79. The topological polar surface area (TPSA) is 39.1 Å². The quantitative estimate of drug-likeness (QED) is 0.571. The Bertz CT molecular complexity index is 156. The van der Waals surface area contributed by atoms with Gasteiger partial charge in [0.1, 0.15) is 0 Å². The minimum atomic E-state index is 0.201. The van der Waals surface area contributed by atoms with Gasteiger partial charge in [-0.3, -0.25) is 4.99 Å².